The third-order valence-electron chi connectivity index (χ3n) is 5.28. The summed E-state index contributed by atoms with van der Waals surface area (Å²) in [6.07, 6.45) is 6.10. The summed E-state index contributed by atoms with van der Waals surface area (Å²) in [6, 6.07) is 5.76. The summed E-state index contributed by atoms with van der Waals surface area (Å²) in [4.78, 5) is 14.8. The van der Waals surface area contributed by atoms with Crippen molar-refractivity contribution in [2.75, 3.05) is 6.54 Å². The van der Waals surface area contributed by atoms with Crippen molar-refractivity contribution in [3.05, 3.63) is 41.5 Å². The number of alkyl halides is 2. The minimum Gasteiger partial charge on any atom is -0.435 e. The van der Waals surface area contributed by atoms with Gasteiger partial charge in [-0.05, 0) is 49.9 Å². The lowest BCUT2D eigenvalue weighted by Gasteiger charge is -2.25. The topological polar surface area (TPSA) is 60.2 Å². The van der Waals surface area contributed by atoms with Crippen molar-refractivity contribution in [3.8, 4) is 5.75 Å². The van der Waals surface area contributed by atoms with Gasteiger partial charge in [-0.25, -0.2) is 0 Å². The second kappa shape index (κ2) is 7.62. The van der Waals surface area contributed by atoms with E-state index in [0.717, 1.165) is 50.3 Å². The molecule has 0 bridgehead atoms. The second-order valence-corrected chi connectivity index (χ2v) is 7.00. The molecule has 0 radical (unpaired) electrons. The van der Waals surface area contributed by atoms with Crippen LogP contribution in [0.4, 0.5) is 8.78 Å². The first-order chi connectivity index (χ1) is 13.1. The molecule has 1 fully saturated rings. The number of ether oxygens (including phenoxy) is 1. The second-order valence-electron chi connectivity index (χ2n) is 7.00. The van der Waals surface area contributed by atoms with Crippen molar-refractivity contribution in [1.82, 2.24) is 19.7 Å². The van der Waals surface area contributed by atoms with E-state index in [-0.39, 0.29) is 17.7 Å². The van der Waals surface area contributed by atoms with Crippen LogP contribution in [0.5, 0.6) is 5.75 Å². The number of likely N-dealkylation sites (tertiary alicyclic amines) is 1. The Hall–Kier alpha value is -2.51. The van der Waals surface area contributed by atoms with Crippen LogP contribution >= 0.6 is 0 Å². The lowest BCUT2D eigenvalue weighted by atomic mass is 10.1. The van der Waals surface area contributed by atoms with Crippen LogP contribution in [0.2, 0.25) is 0 Å². The SMILES string of the molecule is O=C(c1ccc(OC(F)F)cc1)N1CCCC1c1nnc2n1CCCCC2. The maximum atomic E-state index is 13.0. The molecule has 1 unspecified atom stereocenters. The minimum atomic E-state index is -2.88. The molecule has 2 aliphatic heterocycles. The molecule has 2 aromatic rings. The highest BCUT2D eigenvalue weighted by Gasteiger charge is 2.34. The van der Waals surface area contributed by atoms with Gasteiger partial charge in [0, 0.05) is 25.1 Å². The summed E-state index contributed by atoms with van der Waals surface area (Å²) in [5, 5.41) is 8.76. The standard InChI is InChI=1S/C19H22F2N4O2/c20-19(21)27-14-9-7-13(8-10-14)18(26)24-12-4-5-15(24)17-23-22-16-6-2-1-3-11-25(16)17/h7-10,15,19H,1-6,11-12H2. The smallest absolute Gasteiger partial charge is 0.387 e. The molecule has 1 aromatic carbocycles. The number of hydrogen-bond donors (Lipinski definition) is 0. The Kier molecular flexibility index (Phi) is 5.05. The van der Waals surface area contributed by atoms with Gasteiger partial charge in [0.1, 0.15) is 11.6 Å². The van der Waals surface area contributed by atoms with Crippen molar-refractivity contribution >= 4 is 5.91 Å². The maximum Gasteiger partial charge on any atom is 0.387 e. The Labute approximate surface area is 156 Å². The fourth-order valence-corrected chi connectivity index (χ4v) is 3.98. The highest BCUT2D eigenvalue weighted by molar-refractivity contribution is 5.94. The van der Waals surface area contributed by atoms with Crippen LogP contribution in [-0.4, -0.2) is 38.7 Å². The van der Waals surface area contributed by atoms with Gasteiger partial charge < -0.3 is 14.2 Å². The van der Waals surface area contributed by atoms with Crippen LogP contribution in [0.15, 0.2) is 24.3 Å². The largest absolute Gasteiger partial charge is 0.435 e. The van der Waals surface area contributed by atoms with E-state index >= 15 is 0 Å². The third kappa shape index (κ3) is 3.65. The van der Waals surface area contributed by atoms with E-state index in [0.29, 0.717) is 12.1 Å². The Bertz CT molecular complexity index is 807. The van der Waals surface area contributed by atoms with Crippen molar-refractivity contribution in [1.29, 1.82) is 0 Å². The fourth-order valence-electron chi connectivity index (χ4n) is 3.98. The molecule has 6 nitrogen and oxygen atoms in total. The fraction of sp³-hybridized carbons (Fsp3) is 0.526. The Morgan fingerprint density at radius 1 is 1.07 bits per heavy atom. The number of carbonyl (C=O) groups excluding carboxylic acids is 1. The van der Waals surface area contributed by atoms with Gasteiger partial charge in [0.15, 0.2) is 5.82 Å². The van der Waals surface area contributed by atoms with Gasteiger partial charge in [0.05, 0.1) is 6.04 Å². The number of fused-ring (bicyclic) bond motifs is 1. The number of hydrogen-bond acceptors (Lipinski definition) is 4. The number of aromatic nitrogens is 3. The zero-order valence-electron chi connectivity index (χ0n) is 15.0. The maximum absolute atomic E-state index is 13.0. The van der Waals surface area contributed by atoms with E-state index in [1.54, 1.807) is 0 Å². The number of nitrogens with zero attached hydrogens (tertiary/aromatic N) is 4. The monoisotopic (exact) mass is 376 g/mol. The predicted molar refractivity (Wildman–Crippen MR) is 93.7 cm³/mol. The molecule has 1 saturated heterocycles. The first kappa shape index (κ1) is 17.9. The summed E-state index contributed by atoms with van der Waals surface area (Å²) < 4.78 is 31.1. The summed E-state index contributed by atoms with van der Waals surface area (Å²) in [5.41, 5.74) is 0.458. The van der Waals surface area contributed by atoms with Crippen LogP contribution in [0.3, 0.4) is 0 Å². The normalized spacial score (nSPS) is 19.8. The van der Waals surface area contributed by atoms with E-state index in [1.807, 2.05) is 4.90 Å². The van der Waals surface area contributed by atoms with Gasteiger partial charge >= 0.3 is 6.61 Å². The van der Waals surface area contributed by atoms with Crippen LogP contribution in [0.1, 0.15) is 60.2 Å². The van der Waals surface area contributed by atoms with Crippen molar-refractivity contribution in [2.45, 2.75) is 57.7 Å². The van der Waals surface area contributed by atoms with Gasteiger partial charge in [-0.15, -0.1) is 10.2 Å². The zero-order chi connectivity index (χ0) is 18.8. The molecule has 8 heteroatoms. The van der Waals surface area contributed by atoms with Crippen LogP contribution in [0.25, 0.3) is 0 Å². The molecule has 1 atom stereocenters. The van der Waals surface area contributed by atoms with E-state index < -0.39 is 6.61 Å². The van der Waals surface area contributed by atoms with E-state index in [2.05, 4.69) is 19.5 Å². The molecule has 4 rings (SSSR count). The highest BCUT2D eigenvalue weighted by Crippen LogP contribution is 2.33. The van der Waals surface area contributed by atoms with Crippen molar-refractivity contribution < 1.29 is 18.3 Å². The van der Waals surface area contributed by atoms with Gasteiger partial charge in [-0.3, -0.25) is 4.79 Å². The lowest BCUT2D eigenvalue weighted by Crippen LogP contribution is -2.32. The average Bonchev–Trinajstić information content (AvgIpc) is 3.22. The molecule has 1 aromatic heterocycles. The Morgan fingerprint density at radius 2 is 1.89 bits per heavy atom. The number of aryl methyl sites for hydroxylation is 1. The summed E-state index contributed by atoms with van der Waals surface area (Å²) in [6.45, 7) is -1.32. The quantitative estimate of drug-likeness (QED) is 0.818. The zero-order valence-corrected chi connectivity index (χ0v) is 15.0. The van der Waals surface area contributed by atoms with Gasteiger partial charge in [0.25, 0.3) is 5.91 Å². The molecule has 0 spiro atoms. The summed E-state index contributed by atoms with van der Waals surface area (Å²) >= 11 is 0. The number of carbonyl (C=O) groups is 1. The summed E-state index contributed by atoms with van der Waals surface area (Å²) in [5.74, 6) is 1.81. The van der Waals surface area contributed by atoms with Crippen LogP contribution in [0, 0.1) is 0 Å². The predicted octanol–water partition coefficient (Wildman–Crippen LogP) is 3.58. The molecule has 2 aliphatic rings. The number of benzene rings is 1. The molecule has 1 amide bonds. The summed E-state index contributed by atoms with van der Waals surface area (Å²) in [7, 11) is 0. The van der Waals surface area contributed by atoms with E-state index in [4.69, 9.17) is 0 Å². The number of rotatable bonds is 4. The molecular weight excluding hydrogens is 354 g/mol. The van der Waals surface area contributed by atoms with Crippen molar-refractivity contribution in [3.63, 3.8) is 0 Å². The molecule has 0 aliphatic carbocycles. The third-order valence-corrected chi connectivity index (χ3v) is 5.28. The highest BCUT2D eigenvalue weighted by atomic mass is 19.3. The van der Waals surface area contributed by atoms with Crippen LogP contribution in [-0.2, 0) is 13.0 Å². The lowest BCUT2D eigenvalue weighted by molar-refractivity contribution is -0.0498. The van der Waals surface area contributed by atoms with E-state index in [1.165, 1.54) is 30.7 Å². The van der Waals surface area contributed by atoms with Crippen LogP contribution < -0.4 is 4.74 Å². The molecule has 0 saturated carbocycles. The molecule has 144 valence electrons. The number of amides is 1. The van der Waals surface area contributed by atoms with Gasteiger partial charge in [0.2, 0.25) is 0 Å². The molecular formula is C19H22F2N4O2. The van der Waals surface area contributed by atoms with E-state index in [9.17, 15) is 13.6 Å². The molecule has 3 heterocycles. The Balaban J connectivity index is 1.55. The Morgan fingerprint density at radius 3 is 2.67 bits per heavy atom. The minimum absolute atomic E-state index is 0.0438. The van der Waals surface area contributed by atoms with Gasteiger partial charge in [-0.2, -0.15) is 8.78 Å². The average molecular weight is 376 g/mol. The first-order valence-corrected chi connectivity index (χ1v) is 9.41. The molecule has 0 N–H and O–H groups in total. The number of halogens is 2. The first-order valence-electron chi connectivity index (χ1n) is 9.41. The van der Waals surface area contributed by atoms with Crippen molar-refractivity contribution in [2.24, 2.45) is 0 Å². The van der Waals surface area contributed by atoms with Gasteiger partial charge in [-0.1, -0.05) is 6.42 Å². The molecule has 27 heavy (non-hydrogen) atoms.